The smallest absolute Gasteiger partial charge is 0.303 e. The van der Waals surface area contributed by atoms with Crippen molar-refractivity contribution in [3.05, 3.63) is 28.8 Å². The highest BCUT2D eigenvalue weighted by molar-refractivity contribution is 6.31. The maximum atomic E-state index is 10.5. The Bertz CT molecular complexity index is 349. The zero-order valence-electron chi connectivity index (χ0n) is 7.70. The normalized spacial score (nSPS) is 12.4. The summed E-state index contributed by atoms with van der Waals surface area (Å²) in [5, 5.41) is 18.1. The molecule has 0 spiro atoms. The molecule has 0 aliphatic carbocycles. The molecular formula is C10H11ClO3. The van der Waals surface area contributed by atoms with E-state index in [1.807, 2.05) is 0 Å². The predicted molar refractivity (Wildman–Crippen MR) is 53.8 cm³/mol. The molecule has 4 heteroatoms. The predicted octanol–water partition coefficient (Wildman–Crippen LogP) is 2.62. The number of hydrogen-bond donors (Lipinski definition) is 2. The van der Waals surface area contributed by atoms with Crippen LogP contribution in [0.3, 0.4) is 0 Å². The average molecular weight is 215 g/mol. The lowest BCUT2D eigenvalue weighted by molar-refractivity contribution is -0.137. The first-order valence-electron chi connectivity index (χ1n) is 4.21. The average Bonchev–Trinajstić information content (AvgIpc) is 2.01. The Morgan fingerprint density at radius 3 is 2.71 bits per heavy atom. The van der Waals surface area contributed by atoms with Gasteiger partial charge in [0, 0.05) is 5.02 Å². The second-order valence-corrected chi connectivity index (χ2v) is 3.61. The Morgan fingerprint density at radius 1 is 1.57 bits per heavy atom. The number of rotatable bonds is 3. The third kappa shape index (κ3) is 2.64. The van der Waals surface area contributed by atoms with E-state index in [2.05, 4.69) is 0 Å². The Kier molecular flexibility index (Phi) is 3.36. The molecule has 0 amide bonds. The summed E-state index contributed by atoms with van der Waals surface area (Å²) >= 11 is 5.85. The van der Waals surface area contributed by atoms with Gasteiger partial charge in [-0.05, 0) is 23.6 Å². The van der Waals surface area contributed by atoms with E-state index in [-0.39, 0.29) is 18.1 Å². The number of carboxylic acid groups (broad SMARTS) is 1. The molecule has 0 fully saturated rings. The van der Waals surface area contributed by atoms with Crippen LogP contribution in [0.4, 0.5) is 0 Å². The Balaban J connectivity index is 2.90. The van der Waals surface area contributed by atoms with Crippen LogP contribution in [-0.4, -0.2) is 16.2 Å². The molecule has 0 radical (unpaired) electrons. The van der Waals surface area contributed by atoms with Gasteiger partial charge in [-0.1, -0.05) is 24.6 Å². The summed E-state index contributed by atoms with van der Waals surface area (Å²) in [4.78, 5) is 10.5. The summed E-state index contributed by atoms with van der Waals surface area (Å²) in [6, 6.07) is 4.56. The largest absolute Gasteiger partial charge is 0.508 e. The second-order valence-electron chi connectivity index (χ2n) is 3.20. The van der Waals surface area contributed by atoms with Crippen LogP contribution < -0.4 is 0 Å². The van der Waals surface area contributed by atoms with Crippen molar-refractivity contribution in [1.29, 1.82) is 0 Å². The minimum absolute atomic E-state index is 0.0322. The van der Waals surface area contributed by atoms with Crippen molar-refractivity contribution in [2.24, 2.45) is 0 Å². The second kappa shape index (κ2) is 4.33. The summed E-state index contributed by atoms with van der Waals surface area (Å²) in [5.41, 5.74) is 0.742. The van der Waals surface area contributed by atoms with Gasteiger partial charge < -0.3 is 10.2 Å². The van der Waals surface area contributed by atoms with Gasteiger partial charge in [0.2, 0.25) is 0 Å². The first-order valence-corrected chi connectivity index (χ1v) is 4.58. The van der Waals surface area contributed by atoms with E-state index in [1.165, 1.54) is 12.1 Å². The fourth-order valence-corrected chi connectivity index (χ4v) is 1.65. The van der Waals surface area contributed by atoms with Crippen LogP contribution in [0.5, 0.6) is 5.75 Å². The SMILES string of the molecule is CC(CC(=O)O)c1ccc(O)cc1Cl. The summed E-state index contributed by atoms with van der Waals surface area (Å²) in [6.45, 7) is 1.78. The summed E-state index contributed by atoms with van der Waals surface area (Å²) in [7, 11) is 0. The molecule has 1 aromatic rings. The minimum atomic E-state index is -0.860. The molecule has 0 aliphatic rings. The van der Waals surface area contributed by atoms with E-state index in [0.717, 1.165) is 5.56 Å². The quantitative estimate of drug-likeness (QED) is 0.813. The fourth-order valence-electron chi connectivity index (χ4n) is 1.29. The summed E-state index contributed by atoms with van der Waals surface area (Å²) in [6.07, 6.45) is 0.0322. The van der Waals surface area contributed by atoms with Gasteiger partial charge in [-0.25, -0.2) is 0 Å². The molecule has 1 aromatic carbocycles. The third-order valence-corrected chi connectivity index (χ3v) is 2.32. The molecule has 1 unspecified atom stereocenters. The van der Waals surface area contributed by atoms with E-state index in [1.54, 1.807) is 13.0 Å². The molecule has 3 nitrogen and oxygen atoms in total. The molecule has 0 saturated carbocycles. The van der Waals surface area contributed by atoms with Crippen molar-refractivity contribution in [2.45, 2.75) is 19.3 Å². The first-order chi connectivity index (χ1) is 6.50. The van der Waals surface area contributed by atoms with Crippen LogP contribution in [0, 0.1) is 0 Å². The fraction of sp³-hybridized carbons (Fsp3) is 0.300. The number of phenolic OH excluding ortho intramolecular Hbond substituents is 1. The van der Waals surface area contributed by atoms with E-state index in [0.29, 0.717) is 5.02 Å². The summed E-state index contributed by atoms with van der Waals surface area (Å²) < 4.78 is 0. The van der Waals surface area contributed by atoms with Crippen molar-refractivity contribution in [2.75, 3.05) is 0 Å². The van der Waals surface area contributed by atoms with Crippen LogP contribution in [0.2, 0.25) is 5.02 Å². The monoisotopic (exact) mass is 214 g/mol. The van der Waals surface area contributed by atoms with E-state index < -0.39 is 5.97 Å². The Hall–Kier alpha value is -1.22. The molecule has 0 aromatic heterocycles. The molecule has 1 rings (SSSR count). The molecule has 0 heterocycles. The Morgan fingerprint density at radius 2 is 2.21 bits per heavy atom. The topological polar surface area (TPSA) is 57.5 Å². The van der Waals surface area contributed by atoms with Crippen molar-refractivity contribution in [1.82, 2.24) is 0 Å². The van der Waals surface area contributed by atoms with Gasteiger partial charge in [-0.3, -0.25) is 4.79 Å². The van der Waals surface area contributed by atoms with Crippen LogP contribution in [0.1, 0.15) is 24.8 Å². The molecular weight excluding hydrogens is 204 g/mol. The van der Waals surface area contributed by atoms with Crippen LogP contribution in [-0.2, 0) is 4.79 Å². The van der Waals surface area contributed by atoms with Gasteiger partial charge in [0.05, 0.1) is 6.42 Å². The van der Waals surface area contributed by atoms with Gasteiger partial charge in [-0.2, -0.15) is 0 Å². The molecule has 2 N–H and O–H groups in total. The zero-order valence-corrected chi connectivity index (χ0v) is 8.45. The molecule has 0 aliphatic heterocycles. The maximum absolute atomic E-state index is 10.5. The molecule has 14 heavy (non-hydrogen) atoms. The van der Waals surface area contributed by atoms with Crippen molar-refractivity contribution < 1.29 is 15.0 Å². The van der Waals surface area contributed by atoms with E-state index in [4.69, 9.17) is 21.8 Å². The lowest BCUT2D eigenvalue weighted by Gasteiger charge is -2.10. The van der Waals surface area contributed by atoms with Gasteiger partial charge >= 0.3 is 5.97 Å². The third-order valence-electron chi connectivity index (χ3n) is 2.00. The Labute approximate surface area is 86.9 Å². The summed E-state index contributed by atoms with van der Waals surface area (Å²) in [5.74, 6) is -0.927. The maximum Gasteiger partial charge on any atom is 0.303 e. The van der Waals surface area contributed by atoms with Crippen molar-refractivity contribution in [3.63, 3.8) is 0 Å². The number of phenols is 1. The molecule has 76 valence electrons. The van der Waals surface area contributed by atoms with Crippen molar-refractivity contribution in [3.8, 4) is 5.75 Å². The number of halogens is 1. The number of carboxylic acids is 1. The van der Waals surface area contributed by atoms with E-state index >= 15 is 0 Å². The number of aliphatic carboxylic acids is 1. The number of hydrogen-bond acceptors (Lipinski definition) is 2. The lowest BCUT2D eigenvalue weighted by atomic mass is 9.98. The highest BCUT2D eigenvalue weighted by Crippen LogP contribution is 2.29. The van der Waals surface area contributed by atoms with Gasteiger partial charge in [0.15, 0.2) is 0 Å². The van der Waals surface area contributed by atoms with Gasteiger partial charge in [-0.15, -0.1) is 0 Å². The molecule has 0 saturated heterocycles. The minimum Gasteiger partial charge on any atom is -0.508 e. The highest BCUT2D eigenvalue weighted by atomic mass is 35.5. The zero-order chi connectivity index (χ0) is 10.7. The van der Waals surface area contributed by atoms with Gasteiger partial charge in [0.1, 0.15) is 5.75 Å². The standard InChI is InChI=1S/C10H11ClO3/c1-6(4-10(13)14)8-3-2-7(12)5-9(8)11/h2-3,5-6,12H,4H2,1H3,(H,13,14). The van der Waals surface area contributed by atoms with E-state index in [9.17, 15) is 4.79 Å². The van der Waals surface area contributed by atoms with Crippen LogP contribution >= 0.6 is 11.6 Å². The van der Waals surface area contributed by atoms with Crippen molar-refractivity contribution >= 4 is 17.6 Å². The number of benzene rings is 1. The molecule has 1 atom stereocenters. The van der Waals surface area contributed by atoms with Crippen LogP contribution in [0.15, 0.2) is 18.2 Å². The number of carbonyl (C=O) groups is 1. The number of aromatic hydroxyl groups is 1. The first kappa shape index (κ1) is 10.9. The van der Waals surface area contributed by atoms with Crippen LogP contribution in [0.25, 0.3) is 0 Å². The molecule has 0 bridgehead atoms. The van der Waals surface area contributed by atoms with Gasteiger partial charge in [0.25, 0.3) is 0 Å². The highest BCUT2D eigenvalue weighted by Gasteiger charge is 2.13. The lowest BCUT2D eigenvalue weighted by Crippen LogP contribution is -2.03.